The van der Waals surface area contributed by atoms with E-state index in [4.69, 9.17) is 9.47 Å². The molecule has 2 heterocycles. The lowest BCUT2D eigenvalue weighted by molar-refractivity contribution is -0.253. The molecule has 2 saturated heterocycles. The topological polar surface area (TPSA) is 158 Å². The predicted molar refractivity (Wildman–Crippen MR) is 99.4 cm³/mol. The third kappa shape index (κ3) is 6.61. The Balaban J connectivity index is 1.79. The van der Waals surface area contributed by atoms with Crippen molar-refractivity contribution >= 4 is 17.9 Å². The van der Waals surface area contributed by atoms with Crippen LogP contribution in [0.1, 0.15) is 32.6 Å². The molecule has 1 unspecified atom stereocenters. The molecule has 2 aliphatic heterocycles. The highest BCUT2D eigenvalue weighted by atomic mass is 16.6. The number of ether oxygens (including phenoxy) is 2. The first-order chi connectivity index (χ1) is 13.7. The number of likely N-dealkylation sites (tertiary alicyclic amines) is 1. The van der Waals surface area contributed by atoms with E-state index < -0.39 is 55.2 Å². The molecule has 0 aromatic heterocycles. The van der Waals surface area contributed by atoms with Crippen LogP contribution in [0.5, 0.6) is 0 Å². The molecule has 11 heteroatoms. The summed E-state index contributed by atoms with van der Waals surface area (Å²) in [4.78, 5) is 37.7. The van der Waals surface area contributed by atoms with Crippen molar-refractivity contribution < 1.29 is 39.2 Å². The molecular weight excluding hydrogens is 386 g/mol. The van der Waals surface area contributed by atoms with Crippen LogP contribution in [0.25, 0.3) is 0 Å². The van der Waals surface area contributed by atoms with Gasteiger partial charge in [0.25, 0.3) is 0 Å². The zero-order chi connectivity index (χ0) is 21.6. The van der Waals surface area contributed by atoms with E-state index >= 15 is 0 Å². The molecule has 2 fully saturated rings. The first-order valence-corrected chi connectivity index (χ1v) is 9.88. The number of hydrogen-bond donors (Lipinski definition) is 5. The zero-order valence-corrected chi connectivity index (χ0v) is 16.7. The number of carbonyl (C=O) groups is 3. The van der Waals surface area contributed by atoms with E-state index in [1.165, 1.54) is 0 Å². The first-order valence-electron chi connectivity index (χ1n) is 9.88. The fraction of sp³-hybridized carbons (Fsp3) is 0.833. The van der Waals surface area contributed by atoms with Crippen LogP contribution in [0.2, 0.25) is 0 Å². The lowest BCUT2D eigenvalue weighted by Crippen LogP contribution is -2.64. The molecule has 5 atom stereocenters. The summed E-state index contributed by atoms with van der Waals surface area (Å²) in [6.45, 7) is 2.84. The molecule has 5 N–H and O–H groups in total. The van der Waals surface area contributed by atoms with Gasteiger partial charge in [0.05, 0.1) is 0 Å². The summed E-state index contributed by atoms with van der Waals surface area (Å²) >= 11 is 0. The normalized spacial score (nSPS) is 31.1. The molecule has 0 aromatic carbocycles. The molecule has 0 aromatic rings. The first kappa shape index (κ1) is 23.5. The largest absolute Gasteiger partial charge is 0.446 e. The number of aliphatic hydroxyl groups excluding tert-OH is 3. The van der Waals surface area contributed by atoms with Crippen molar-refractivity contribution in [2.75, 3.05) is 26.7 Å². The summed E-state index contributed by atoms with van der Waals surface area (Å²) in [7, 11) is 1.96. The van der Waals surface area contributed by atoms with Gasteiger partial charge in [-0.25, -0.2) is 4.79 Å². The van der Waals surface area contributed by atoms with Crippen LogP contribution in [0.4, 0.5) is 4.79 Å². The van der Waals surface area contributed by atoms with Crippen LogP contribution in [-0.2, 0) is 19.1 Å². The van der Waals surface area contributed by atoms with E-state index in [2.05, 4.69) is 15.5 Å². The van der Waals surface area contributed by atoms with E-state index in [1.54, 1.807) is 6.92 Å². The van der Waals surface area contributed by atoms with Gasteiger partial charge in [0.2, 0.25) is 11.8 Å². The standard InChI is InChI=1S/C18H31N3O8/c1-3-4-12(22)19-13-15(24)14(23)11(29-17(13)26)9-28-18(27)20-16(25)10-5-7-21(2)8-6-10/h10-11,13-15,17,23-24,26H,3-9H2,1-2H3,(H,19,22)(H,20,25,27)/t11-,13-,14-,15-,17?/m1/s1. The Morgan fingerprint density at radius 1 is 1.14 bits per heavy atom. The molecule has 29 heavy (non-hydrogen) atoms. The lowest BCUT2D eigenvalue weighted by atomic mass is 9.96. The average molecular weight is 417 g/mol. The second kappa shape index (κ2) is 10.8. The smallest absolute Gasteiger partial charge is 0.413 e. The maximum absolute atomic E-state index is 12.1. The molecule has 0 bridgehead atoms. The number of nitrogens with zero attached hydrogens (tertiary/aromatic N) is 1. The zero-order valence-electron chi connectivity index (χ0n) is 16.7. The Kier molecular flexibility index (Phi) is 8.78. The van der Waals surface area contributed by atoms with Crippen LogP contribution in [0, 0.1) is 5.92 Å². The second-order valence-corrected chi connectivity index (χ2v) is 7.55. The summed E-state index contributed by atoms with van der Waals surface area (Å²) < 4.78 is 10.1. The van der Waals surface area contributed by atoms with Crippen LogP contribution < -0.4 is 10.6 Å². The molecule has 0 radical (unpaired) electrons. The molecule has 3 amide bonds. The van der Waals surface area contributed by atoms with Crippen molar-refractivity contribution in [3.8, 4) is 0 Å². The number of rotatable bonds is 6. The molecule has 166 valence electrons. The van der Waals surface area contributed by atoms with Crippen molar-refractivity contribution in [2.24, 2.45) is 5.92 Å². The van der Waals surface area contributed by atoms with Gasteiger partial charge in [-0.15, -0.1) is 0 Å². The SMILES string of the molecule is CCCC(=O)N[C@H]1C(O)O[C@H](COC(=O)NC(=O)C2CCN(C)CC2)[C@@H](O)[C@@H]1O. The van der Waals surface area contributed by atoms with Gasteiger partial charge in [-0.1, -0.05) is 6.92 Å². The van der Waals surface area contributed by atoms with E-state index in [9.17, 15) is 29.7 Å². The fourth-order valence-electron chi connectivity index (χ4n) is 3.39. The molecule has 0 spiro atoms. The summed E-state index contributed by atoms with van der Waals surface area (Å²) in [6.07, 6.45) is -4.77. The lowest BCUT2D eigenvalue weighted by Gasteiger charge is -2.40. The molecule has 2 rings (SSSR count). The number of hydrogen-bond acceptors (Lipinski definition) is 9. The molecule has 0 saturated carbocycles. The minimum atomic E-state index is -1.59. The summed E-state index contributed by atoms with van der Waals surface area (Å²) in [6, 6.07) is -1.21. The van der Waals surface area contributed by atoms with E-state index in [1.807, 2.05) is 7.05 Å². The van der Waals surface area contributed by atoms with Gasteiger partial charge in [-0.3, -0.25) is 14.9 Å². The number of carbonyl (C=O) groups excluding carboxylic acids is 3. The van der Waals surface area contributed by atoms with Crippen molar-refractivity contribution in [2.45, 2.75) is 63.3 Å². The monoisotopic (exact) mass is 417 g/mol. The van der Waals surface area contributed by atoms with E-state index in [0.717, 1.165) is 13.1 Å². The Hall–Kier alpha value is -1.79. The van der Waals surface area contributed by atoms with Crippen LogP contribution in [0.15, 0.2) is 0 Å². The highest BCUT2D eigenvalue weighted by Gasteiger charge is 2.45. The number of nitrogens with one attached hydrogen (secondary N) is 2. The molecule has 0 aliphatic carbocycles. The molecule has 2 aliphatic rings. The van der Waals surface area contributed by atoms with E-state index in [-0.39, 0.29) is 12.3 Å². The number of imide groups is 1. The van der Waals surface area contributed by atoms with Crippen molar-refractivity contribution in [1.82, 2.24) is 15.5 Å². The Bertz CT molecular complexity index is 581. The maximum atomic E-state index is 12.1. The third-order valence-electron chi connectivity index (χ3n) is 5.22. The van der Waals surface area contributed by atoms with Crippen molar-refractivity contribution in [3.05, 3.63) is 0 Å². The Morgan fingerprint density at radius 2 is 1.79 bits per heavy atom. The van der Waals surface area contributed by atoms with E-state index in [0.29, 0.717) is 19.3 Å². The van der Waals surface area contributed by atoms with Crippen LogP contribution in [-0.4, -0.2) is 95.5 Å². The van der Waals surface area contributed by atoms with Crippen LogP contribution in [0.3, 0.4) is 0 Å². The number of alkyl carbamates (subject to hydrolysis) is 1. The highest BCUT2D eigenvalue weighted by molar-refractivity contribution is 5.93. The van der Waals surface area contributed by atoms with Gasteiger partial charge in [-0.05, 0) is 39.4 Å². The Morgan fingerprint density at radius 3 is 2.41 bits per heavy atom. The molecule has 11 nitrogen and oxygen atoms in total. The van der Waals surface area contributed by atoms with Gasteiger partial charge in [0.15, 0.2) is 6.29 Å². The predicted octanol–water partition coefficient (Wildman–Crippen LogP) is -1.70. The third-order valence-corrected chi connectivity index (χ3v) is 5.22. The highest BCUT2D eigenvalue weighted by Crippen LogP contribution is 2.21. The van der Waals surface area contributed by atoms with Crippen molar-refractivity contribution in [3.63, 3.8) is 0 Å². The molecular formula is C18H31N3O8. The minimum Gasteiger partial charge on any atom is -0.446 e. The van der Waals surface area contributed by atoms with Crippen molar-refractivity contribution in [1.29, 1.82) is 0 Å². The fourth-order valence-corrected chi connectivity index (χ4v) is 3.39. The quantitative estimate of drug-likeness (QED) is 0.340. The number of amides is 3. The van der Waals surface area contributed by atoms with Gasteiger partial charge >= 0.3 is 6.09 Å². The van der Waals surface area contributed by atoms with Gasteiger partial charge < -0.3 is 35.0 Å². The maximum Gasteiger partial charge on any atom is 0.413 e. The summed E-state index contributed by atoms with van der Waals surface area (Å²) in [5.74, 6) is -1.09. The van der Waals surface area contributed by atoms with Gasteiger partial charge in [0, 0.05) is 12.3 Å². The summed E-state index contributed by atoms with van der Waals surface area (Å²) in [5.41, 5.74) is 0. The summed E-state index contributed by atoms with van der Waals surface area (Å²) in [5, 5.41) is 34.9. The van der Waals surface area contributed by atoms with Crippen LogP contribution >= 0.6 is 0 Å². The number of piperidine rings is 1. The second-order valence-electron chi connectivity index (χ2n) is 7.55. The Labute approximate surface area is 169 Å². The minimum absolute atomic E-state index is 0.198. The van der Waals surface area contributed by atoms with Gasteiger partial charge in [0.1, 0.15) is 31.0 Å². The number of aliphatic hydroxyl groups is 3. The van der Waals surface area contributed by atoms with Gasteiger partial charge in [-0.2, -0.15) is 0 Å². The average Bonchev–Trinajstić information content (AvgIpc) is 2.67.